The van der Waals surface area contributed by atoms with Crippen molar-refractivity contribution in [3.8, 4) is 0 Å². The van der Waals surface area contributed by atoms with Crippen molar-refractivity contribution in [3.05, 3.63) is 0 Å². The zero-order valence-corrected chi connectivity index (χ0v) is 13.7. The summed E-state index contributed by atoms with van der Waals surface area (Å²) in [5, 5.41) is 3.06. The standard InChI is InChI=1S/C16H33N3O/c1-5-14(4)18-15(20)11-19(6-2)16(12-17)9-7-8-13(3)10-16/h13-14H,5-12,17H2,1-4H3,(H,18,20). The molecule has 3 unspecified atom stereocenters. The second-order valence-corrected chi connectivity index (χ2v) is 6.52. The Morgan fingerprint density at radius 3 is 2.70 bits per heavy atom. The van der Waals surface area contributed by atoms with Crippen molar-refractivity contribution in [1.29, 1.82) is 0 Å². The first kappa shape index (κ1) is 17.4. The van der Waals surface area contributed by atoms with Gasteiger partial charge in [0.1, 0.15) is 0 Å². The van der Waals surface area contributed by atoms with E-state index in [9.17, 15) is 4.79 Å². The summed E-state index contributed by atoms with van der Waals surface area (Å²) in [6, 6.07) is 0.250. The Labute approximate surface area is 124 Å². The van der Waals surface area contributed by atoms with Gasteiger partial charge in [-0.3, -0.25) is 9.69 Å². The molecule has 0 bridgehead atoms. The quantitative estimate of drug-likeness (QED) is 0.752. The molecule has 0 aromatic heterocycles. The lowest BCUT2D eigenvalue weighted by Crippen LogP contribution is -2.58. The van der Waals surface area contributed by atoms with Crippen LogP contribution < -0.4 is 11.1 Å². The van der Waals surface area contributed by atoms with E-state index in [1.165, 1.54) is 12.8 Å². The van der Waals surface area contributed by atoms with Crippen LogP contribution in [0.4, 0.5) is 0 Å². The van der Waals surface area contributed by atoms with Crippen molar-refractivity contribution in [2.24, 2.45) is 11.7 Å². The molecule has 3 N–H and O–H groups in total. The van der Waals surface area contributed by atoms with Gasteiger partial charge in [0.05, 0.1) is 6.54 Å². The van der Waals surface area contributed by atoms with E-state index in [2.05, 4.69) is 37.9 Å². The molecule has 0 aromatic rings. The highest BCUT2D eigenvalue weighted by molar-refractivity contribution is 5.78. The molecule has 118 valence electrons. The lowest BCUT2D eigenvalue weighted by Gasteiger charge is -2.47. The Kier molecular flexibility index (Phi) is 6.96. The summed E-state index contributed by atoms with van der Waals surface area (Å²) in [4.78, 5) is 14.5. The van der Waals surface area contributed by atoms with Gasteiger partial charge < -0.3 is 11.1 Å². The van der Waals surface area contributed by atoms with Crippen LogP contribution in [0.2, 0.25) is 0 Å². The van der Waals surface area contributed by atoms with Crippen molar-refractivity contribution in [2.45, 2.75) is 71.4 Å². The average molecular weight is 283 g/mol. The molecule has 1 aliphatic rings. The predicted molar refractivity (Wildman–Crippen MR) is 84.6 cm³/mol. The Morgan fingerprint density at radius 1 is 1.50 bits per heavy atom. The normalized spacial score (nSPS) is 28.4. The first-order valence-electron chi connectivity index (χ1n) is 8.21. The van der Waals surface area contributed by atoms with E-state index >= 15 is 0 Å². The molecule has 0 aliphatic heterocycles. The summed E-state index contributed by atoms with van der Waals surface area (Å²) in [6.07, 6.45) is 5.73. The fraction of sp³-hybridized carbons (Fsp3) is 0.938. The SMILES string of the molecule is CCC(C)NC(=O)CN(CC)C1(CN)CCCC(C)C1. The van der Waals surface area contributed by atoms with E-state index in [0.29, 0.717) is 19.0 Å². The fourth-order valence-electron chi connectivity index (χ4n) is 3.44. The summed E-state index contributed by atoms with van der Waals surface area (Å²) in [5.74, 6) is 0.839. The van der Waals surface area contributed by atoms with Crippen molar-refractivity contribution in [2.75, 3.05) is 19.6 Å². The van der Waals surface area contributed by atoms with Crippen LogP contribution in [-0.2, 0) is 4.79 Å². The fourth-order valence-corrected chi connectivity index (χ4v) is 3.44. The zero-order valence-electron chi connectivity index (χ0n) is 13.7. The number of carbonyl (C=O) groups is 1. The summed E-state index contributed by atoms with van der Waals surface area (Å²) in [6.45, 7) is 10.6. The Hall–Kier alpha value is -0.610. The summed E-state index contributed by atoms with van der Waals surface area (Å²) < 4.78 is 0. The van der Waals surface area contributed by atoms with Crippen LogP contribution in [0.25, 0.3) is 0 Å². The summed E-state index contributed by atoms with van der Waals surface area (Å²) in [7, 11) is 0. The minimum Gasteiger partial charge on any atom is -0.353 e. The Bertz CT molecular complexity index is 308. The molecule has 0 aromatic carbocycles. The Morgan fingerprint density at radius 2 is 2.20 bits per heavy atom. The molecule has 1 aliphatic carbocycles. The highest BCUT2D eigenvalue weighted by atomic mass is 16.2. The average Bonchev–Trinajstić information content (AvgIpc) is 2.44. The molecule has 20 heavy (non-hydrogen) atoms. The van der Waals surface area contributed by atoms with Crippen molar-refractivity contribution < 1.29 is 4.79 Å². The third-order valence-corrected chi connectivity index (χ3v) is 4.85. The van der Waals surface area contributed by atoms with Crippen LogP contribution in [0.5, 0.6) is 0 Å². The second kappa shape index (κ2) is 7.99. The van der Waals surface area contributed by atoms with Crippen molar-refractivity contribution >= 4 is 5.91 Å². The number of hydrogen-bond acceptors (Lipinski definition) is 3. The van der Waals surface area contributed by atoms with Gasteiger partial charge in [-0.05, 0) is 38.6 Å². The zero-order chi connectivity index (χ0) is 15.2. The minimum absolute atomic E-state index is 0.0270. The number of rotatable bonds is 7. The second-order valence-electron chi connectivity index (χ2n) is 6.52. The lowest BCUT2D eigenvalue weighted by molar-refractivity contribution is -0.125. The molecule has 0 saturated heterocycles. The number of nitrogens with zero attached hydrogens (tertiary/aromatic N) is 1. The van der Waals surface area contributed by atoms with Gasteiger partial charge in [-0.1, -0.05) is 33.6 Å². The van der Waals surface area contributed by atoms with E-state index in [1.54, 1.807) is 0 Å². The molecule has 1 fully saturated rings. The molecule has 1 saturated carbocycles. The van der Waals surface area contributed by atoms with Crippen molar-refractivity contribution in [3.63, 3.8) is 0 Å². The maximum Gasteiger partial charge on any atom is 0.234 e. The third-order valence-electron chi connectivity index (χ3n) is 4.85. The predicted octanol–water partition coefficient (Wildman–Crippen LogP) is 2.13. The first-order valence-corrected chi connectivity index (χ1v) is 8.21. The van der Waals surface area contributed by atoms with Gasteiger partial charge in [0.2, 0.25) is 5.91 Å². The minimum atomic E-state index is 0.0270. The van der Waals surface area contributed by atoms with Crippen LogP contribution in [0.3, 0.4) is 0 Å². The topological polar surface area (TPSA) is 58.4 Å². The van der Waals surface area contributed by atoms with Gasteiger partial charge >= 0.3 is 0 Å². The monoisotopic (exact) mass is 283 g/mol. The smallest absolute Gasteiger partial charge is 0.234 e. The maximum absolute atomic E-state index is 12.2. The van der Waals surface area contributed by atoms with Gasteiger partial charge in [0.25, 0.3) is 0 Å². The number of nitrogens with two attached hydrogens (primary N) is 1. The first-order chi connectivity index (χ1) is 9.47. The summed E-state index contributed by atoms with van der Waals surface area (Å²) in [5.41, 5.74) is 6.13. The van der Waals surface area contributed by atoms with Crippen LogP contribution in [0.15, 0.2) is 0 Å². The van der Waals surface area contributed by atoms with Crippen LogP contribution >= 0.6 is 0 Å². The van der Waals surface area contributed by atoms with Gasteiger partial charge in [-0.15, -0.1) is 0 Å². The largest absolute Gasteiger partial charge is 0.353 e. The molecular formula is C16H33N3O. The number of hydrogen-bond donors (Lipinski definition) is 2. The van der Waals surface area contributed by atoms with E-state index in [1.807, 2.05) is 0 Å². The molecule has 0 radical (unpaired) electrons. The maximum atomic E-state index is 12.2. The highest BCUT2D eigenvalue weighted by Gasteiger charge is 2.39. The van der Waals surface area contributed by atoms with E-state index < -0.39 is 0 Å². The van der Waals surface area contributed by atoms with E-state index in [-0.39, 0.29) is 17.5 Å². The van der Waals surface area contributed by atoms with Gasteiger partial charge in [0.15, 0.2) is 0 Å². The molecule has 3 atom stereocenters. The van der Waals surface area contributed by atoms with Crippen LogP contribution in [0.1, 0.15) is 59.8 Å². The number of likely N-dealkylation sites (N-methyl/N-ethyl adjacent to an activating group) is 1. The molecule has 0 spiro atoms. The molecule has 1 rings (SSSR count). The van der Waals surface area contributed by atoms with Gasteiger partial charge in [-0.25, -0.2) is 0 Å². The molecule has 0 heterocycles. The number of carbonyl (C=O) groups excluding carboxylic acids is 1. The third kappa shape index (κ3) is 4.45. The lowest BCUT2D eigenvalue weighted by atomic mass is 9.75. The van der Waals surface area contributed by atoms with Gasteiger partial charge in [-0.2, -0.15) is 0 Å². The number of nitrogens with one attached hydrogen (secondary N) is 1. The van der Waals surface area contributed by atoms with Gasteiger partial charge in [0, 0.05) is 18.1 Å². The van der Waals surface area contributed by atoms with Crippen LogP contribution in [-0.4, -0.2) is 42.0 Å². The molecule has 4 nitrogen and oxygen atoms in total. The van der Waals surface area contributed by atoms with E-state index in [4.69, 9.17) is 5.73 Å². The van der Waals surface area contributed by atoms with Crippen molar-refractivity contribution in [1.82, 2.24) is 10.2 Å². The molecular weight excluding hydrogens is 250 g/mol. The highest BCUT2D eigenvalue weighted by Crippen LogP contribution is 2.36. The van der Waals surface area contributed by atoms with E-state index in [0.717, 1.165) is 25.8 Å². The molecule has 1 amide bonds. The van der Waals surface area contributed by atoms with Crippen LogP contribution in [0, 0.1) is 5.92 Å². The molecule has 4 heteroatoms. The number of amides is 1. The Balaban J connectivity index is 2.69. The summed E-state index contributed by atoms with van der Waals surface area (Å²) >= 11 is 0.